The summed E-state index contributed by atoms with van der Waals surface area (Å²) in [5, 5.41) is 2.84. The summed E-state index contributed by atoms with van der Waals surface area (Å²) < 4.78 is 5.23. The fourth-order valence-corrected chi connectivity index (χ4v) is 3.70. The third-order valence-corrected chi connectivity index (χ3v) is 5.32. The van der Waals surface area contributed by atoms with Crippen LogP contribution in [0.3, 0.4) is 0 Å². The molecule has 1 aliphatic heterocycles. The standard InChI is InChI=1S/C23H25N3O2/c27-23(25-17-21-7-4-14-28-21)20-8-9-22(24-16-20)26-12-10-19(11-13-26)15-18-5-2-1-3-6-18/h1-9,14,16,19H,10-13,15,17H2,(H,25,27). The molecule has 0 atom stereocenters. The predicted octanol–water partition coefficient (Wildman–Crippen LogP) is 4.06. The average Bonchev–Trinajstić information content (AvgIpc) is 3.27. The molecule has 1 aromatic carbocycles. The molecule has 1 saturated heterocycles. The molecule has 3 heterocycles. The van der Waals surface area contributed by atoms with Gasteiger partial charge in [-0.3, -0.25) is 4.79 Å². The Bertz CT molecular complexity index is 868. The average molecular weight is 375 g/mol. The highest BCUT2D eigenvalue weighted by Crippen LogP contribution is 2.24. The molecule has 0 radical (unpaired) electrons. The number of carbonyl (C=O) groups excluding carboxylic acids is 1. The lowest BCUT2D eigenvalue weighted by Gasteiger charge is -2.33. The summed E-state index contributed by atoms with van der Waals surface area (Å²) in [5.41, 5.74) is 1.98. The van der Waals surface area contributed by atoms with Crippen molar-refractivity contribution >= 4 is 11.7 Å². The number of hydrogen-bond donors (Lipinski definition) is 1. The van der Waals surface area contributed by atoms with Gasteiger partial charge in [-0.1, -0.05) is 30.3 Å². The second kappa shape index (κ2) is 8.74. The number of rotatable bonds is 6. The summed E-state index contributed by atoms with van der Waals surface area (Å²) in [5.74, 6) is 2.26. The molecule has 1 aliphatic rings. The second-order valence-electron chi connectivity index (χ2n) is 7.29. The van der Waals surface area contributed by atoms with Crippen LogP contribution in [0.4, 0.5) is 5.82 Å². The fourth-order valence-electron chi connectivity index (χ4n) is 3.70. The minimum atomic E-state index is -0.142. The highest BCUT2D eigenvalue weighted by atomic mass is 16.3. The monoisotopic (exact) mass is 375 g/mol. The van der Waals surface area contributed by atoms with Crippen molar-refractivity contribution < 1.29 is 9.21 Å². The lowest BCUT2D eigenvalue weighted by Crippen LogP contribution is -2.35. The van der Waals surface area contributed by atoms with Crippen LogP contribution in [0.2, 0.25) is 0 Å². The molecule has 0 saturated carbocycles. The van der Waals surface area contributed by atoms with E-state index in [-0.39, 0.29) is 5.91 Å². The van der Waals surface area contributed by atoms with Gasteiger partial charge in [-0.25, -0.2) is 4.98 Å². The van der Waals surface area contributed by atoms with E-state index in [4.69, 9.17) is 4.42 Å². The molecule has 1 N–H and O–H groups in total. The summed E-state index contributed by atoms with van der Waals surface area (Å²) in [6, 6.07) is 18.1. The summed E-state index contributed by atoms with van der Waals surface area (Å²) in [6.07, 6.45) is 6.74. The summed E-state index contributed by atoms with van der Waals surface area (Å²) in [6.45, 7) is 2.39. The molecule has 0 bridgehead atoms. The first-order valence-electron chi connectivity index (χ1n) is 9.83. The van der Waals surface area contributed by atoms with Crippen LogP contribution in [0.1, 0.15) is 34.5 Å². The van der Waals surface area contributed by atoms with Crippen LogP contribution in [0.25, 0.3) is 0 Å². The smallest absolute Gasteiger partial charge is 0.253 e. The highest BCUT2D eigenvalue weighted by molar-refractivity contribution is 5.93. The molecule has 5 nitrogen and oxygen atoms in total. The van der Waals surface area contributed by atoms with E-state index in [1.54, 1.807) is 18.5 Å². The number of anilines is 1. The maximum atomic E-state index is 12.2. The van der Waals surface area contributed by atoms with Gasteiger partial charge in [0.1, 0.15) is 11.6 Å². The fraction of sp³-hybridized carbons (Fsp3) is 0.304. The molecule has 3 aromatic rings. The second-order valence-corrected chi connectivity index (χ2v) is 7.29. The Morgan fingerprint density at radius 3 is 2.57 bits per heavy atom. The molecule has 144 valence electrons. The molecule has 1 amide bonds. The molecule has 0 unspecified atom stereocenters. The van der Waals surface area contributed by atoms with E-state index in [1.165, 1.54) is 18.4 Å². The van der Waals surface area contributed by atoms with Gasteiger partial charge < -0.3 is 14.6 Å². The molecular weight excluding hydrogens is 350 g/mol. The van der Waals surface area contributed by atoms with Crippen LogP contribution in [-0.2, 0) is 13.0 Å². The van der Waals surface area contributed by atoms with Crippen LogP contribution in [0.15, 0.2) is 71.5 Å². The zero-order valence-corrected chi connectivity index (χ0v) is 15.9. The molecule has 28 heavy (non-hydrogen) atoms. The molecule has 0 aliphatic carbocycles. The number of nitrogens with one attached hydrogen (secondary N) is 1. The first-order valence-corrected chi connectivity index (χ1v) is 9.83. The van der Waals surface area contributed by atoms with Gasteiger partial charge in [-0.2, -0.15) is 0 Å². The van der Waals surface area contributed by atoms with E-state index in [0.717, 1.165) is 37.0 Å². The summed E-state index contributed by atoms with van der Waals surface area (Å²) in [7, 11) is 0. The van der Waals surface area contributed by atoms with Crippen LogP contribution in [0, 0.1) is 5.92 Å². The van der Waals surface area contributed by atoms with Crippen molar-refractivity contribution in [2.45, 2.75) is 25.8 Å². The van der Waals surface area contributed by atoms with Gasteiger partial charge in [0.25, 0.3) is 5.91 Å². The highest BCUT2D eigenvalue weighted by Gasteiger charge is 2.20. The van der Waals surface area contributed by atoms with Crippen molar-refractivity contribution in [3.63, 3.8) is 0 Å². The molecule has 1 fully saturated rings. The van der Waals surface area contributed by atoms with Crippen LogP contribution < -0.4 is 10.2 Å². The Balaban J connectivity index is 1.28. The van der Waals surface area contributed by atoms with E-state index in [0.29, 0.717) is 12.1 Å². The number of amides is 1. The minimum absolute atomic E-state index is 0.142. The maximum absolute atomic E-state index is 12.2. The SMILES string of the molecule is O=C(NCc1ccco1)c1ccc(N2CCC(Cc3ccccc3)CC2)nc1. The quantitative estimate of drug-likeness (QED) is 0.706. The number of pyridine rings is 1. The normalized spacial score (nSPS) is 14.8. The van der Waals surface area contributed by atoms with Crippen LogP contribution in [-0.4, -0.2) is 24.0 Å². The number of piperidine rings is 1. The van der Waals surface area contributed by atoms with E-state index >= 15 is 0 Å². The van der Waals surface area contributed by atoms with Crippen molar-refractivity contribution in [1.29, 1.82) is 0 Å². The van der Waals surface area contributed by atoms with Crippen molar-refractivity contribution in [3.8, 4) is 0 Å². The summed E-state index contributed by atoms with van der Waals surface area (Å²) >= 11 is 0. The number of aromatic nitrogens is 1. The van der Waals surface area contributed by atoms with Gasteiger partial charge in [0, 0.05) is 19.3 Å². The molecular formula is C23H25N3O2. The Labute approximate surface area is 165 Å². The topological polar surface area (TPSA) is 58.4 Å². The predicted molar refractivity (Wildman–Crippen MR) is 109 cm³/mol. The van der Waals surface area contributed by atoms with E-state index < -0.39 is 0 Å². The zero-order valence-electron chi connectivity index (χ0n) is 15.9. The number of benzene rings is 1. The van der Waals surface area contributed by atoms with Gasteiger partial charge in [0.05, 0.1) is 18.4 Å². The first-order chi connectivity index (χ1) is 13.8. The van der Waals surface area contributed by atoms with Crippen molar-refractivity contribution in [2.75, 3.05) is 18.0 Å². The minimum Gasteiger partial charge on any atom is -0.467 e. The van der Waals surface area contributed by atoms with Crippen molar-refractivity contribution in [2.24, 2.45) is 5.92 Å². The van der Waals surface area contributed by atoms with E-state index in [1.807, 2.05) is 18.2 Å². The zero-order chi connectivity index (χ0) is 19.2. The molecule has 4 rings (SSSR count). The summed E-state index contributed by atoms with van der Waals surface area (Å²) in [4.78, 5) is 19.1. The number of carbonyl (C=O) groups is 1. The van der Waals surface area contributed by atoms with Crippen molar-refractivity contribution in [3.05, 3.63) is 83.9 Å². The van der Waals surface area contributed by atoms with Gasteiger partial charge in [-0.05, 0) is 55.0 Å². The first kappa shape index (κ1) is 18.3. The molecule has 0 spiro atoms. The van der Waals surface area contributed by atoms with Gasteiger partial charge >= 0.3 is 0 Å². The van der Waals surface area contributed by atoms with Gasteiger partial charge in [0.15, 0.2) is 0 Å². The van der Waals surface area contributed by atoms with Crippen LogP contribution in [0.5, 0.6) is 0 Å². The Morgan fingerprint density at radius 2 is 1.89 bits per heavy atom. The lowest BCUT2D eigenvalue weighted by atomic mass is 9.90. The van der Waals surface area contributed by atoms with Crippen molar-refractivity contribution in [1.82, 2.24) is 10.3 Å². The number of nitrogens with zero attached hydrogens (tertiary/aromatic N) is 2. The lowest BCUT2D eigenvalue weighted by molar-refractivity contribution is 0.0947. The van der Waals surface area contributed by atoms with Crippen LogP contribution >= 0.6 is 0 Å². The Kier molecular flexibility index (Phi) is 5.71. The Hall–Kier alpha value is -3.08. The van der Waals surface area contributed by atoms with E-state index in [2.05, 4.69) is 45.5 Å². The largest absolute Gasteiger partial charge is 0.467 e. The number of hydrogen-bond acceptors (Lipinski definition) is 4. The third kappa shape index (κ3) is 4.60. The number of furan rings is 1. The maximum Gasteiger partial charge on any atom is 0.253 e. The molecule has 5 heteroatoms. The Morgan fingerprint density at radius 1 is 1.07 bits per heavy atom. The van der Waals surface area contributed by atoms with E-state index in [9.17, 15) is 4.79 Å². The van der Waals surface area contributed by atoms with Gasteiger partial charge in [-0.15, -0.1) is 0 Å². The third-order valence-electron chi connectivity index (χ3n) is 5.32. The molecule has 2 aromatic heterocycles. The van der Waals surface area contributed by atoms with Gasteiger partial charge in [0.2, 0.25) is 0 Å².